The van der Waals surface area contributed by atoms with Gasteiger partial charge in [0.1, 0.15) is 5.52 Å². The number of benzene rings is 1. The summed E-state index contributed by atoms with van der Waals surface area (Å²) >= 11 is 7.41. The van der Waals surface area contributed by atoms with Crippen molar-refractivity contribution in [2.45, 2.75) is 5.16 Å². The molecule has 0 aliphatic carbocycles. The zero-order chi connectivity index (χ0) is 14.8. The van der Waals surface area contributed by atoms with E-state index in [4.69, 9.17) is 16.7 Å². The molecular formula is C14H10ClN3O2S. The maximum Gasteiger partial charge on any atom is 0.313 e. The minimum atomic E-state index is -0.893. The largest absolute Gasteiger partial charge is 0.481 e. The summed E-state index contributed by atoms with van der Waals surface area (Å²) in [5.41, 5.74) is 2.30. The number of halogens is 1. The Morgan fingerprint density at radius 2 is 2.14 bits per heavy atom. The molecule has 0 atom stereocenters. The first-order chi connectivity index (χ1) is 10.2. The summed E-state index contributed by atoms with van der Waals surface area (Å²) in [6, 6.07) is 9.21. The second-order valence-electron chi connectivity index (χ2n) is 4.23. The molecule has 106 valence electrons. The highest BCUT2D eigenvalue weighted by atomic mass is 35.5. The summed E-state index contributed by atoms with van der Waals surface area (Å²) in [5.74, 6) is -0.961. The van der Waals surface area contributed by atoms with Crippen LogP contribution in [0, 0.1) is 0 Å². The van der Waals surface area contributed by atoms with Crippen LogP contribution in [0.4, 0.5) is 0 Å². The number of aromatic nitrogens is 3. The molecule has 7 heteroatoms. The average Bonchev–Trinajstić information content (AvgIpc) is 2.84. The van der Waals surface area contributed by atoms with E-state index in [-0.39, 0.29) is 5.75 Å². The van der Waals surface area contributed by atoms with E-state index < -0.39 is 5.97 Å². The number of imidazole rings is 1. The number of nitrogens with zero attached hydrogens (tertiary/aromatic N) is 3. The maximum atomic E-state index is 10.8. The number of aliphatic carboxylic acids is 1. The van der Waals surface area contributed by atoms with Gasteiger partial charge in [-0.15, -0.1) is 0 Å². The highest BCUT2D eigenvalue weighted by molar-refractivity contribution is 7.99. The highest BCUT2D eigenvalue weighted by Crippen LogP contribution is 2.30. The summed E-state index contributed by atoms with van der Waals surface area (Å²) in [7, 11) is 0. The van der Waals surface area contributed by atoms with Crippen molar-refractivity contribution in [3.8, 4) is 5.69 Å². The quantitative estimate of drug-likeness (QED) is 0.748. The van der Waals surface area contributed by atoms with Gasteiger partial charge in [0.15, 0.2) is 5.16 Å². The molecule has 0 aliphatic heterocycles. The molecule has 0 radical (unpaired) electrons. The minimum Gasteiger partial charge on any atom is -0.481 e. The molecular weight excluding hydrogens is 310 g/mol. The lowest BCUT2D eigenvalue weighted by atomic mass is 10.3. The van der Waals surface area contributed by atoms with E-state index in [9.17, 15) is 4.79 Å². The molecule has 0 fully saturated rings. The van der Waals surface area contributed by atoms with Gasteiger partial charge in [-0.05, 0) is 18.2 Å². The van der Waals surface area contributed by atoms with Gasteiger partial charge in [0, 0.05) is 6.20 Å². The van der Waals surface area contributed by atoms with Crippen LogP contribution in [0.25, 0.3) is 16.7 Å². The number of para-hydroxylation sites is 1. The lowest BCUT2D eigenvalue weighted by Crippen LogP contribution is -2.02. The lowest BCUT2D eigenvalue weighted by Gasteiger charge is -2.09. The van der Waals surface area contributed by atoms with Crippen LogP contribution in [-0.2, 0) is 4.79 Å². The van der Waals surface area contributed by atoms with Crippen LogP contribution in [0.15, 0.2) is 47.9 Å². The molecule has 0 saturated heterocycles. The third-order valence-corrected chi connectivity index (χ3v) is 4.09. The van der Waals surface area contributed by atoms with Crippen LogP contribution >= 0.6 is 23.4 Å². The van der Waals surface area contributed by atoms with Crippen LogP contribution in [0.3, 0.4) is 0 Å². The van der Waals surface area contributed by atoms with Crippen LogP contribution in [0.5, 0.6) is 0 Å². The number of carboxylic acids is 1. The second-order valence-corrected chi connectivity index (χ2v) is 5.58. The zero-order valence-corrected chi connectivity index (χ0v) is 12.3. The van der Waals surface area contributed by atoms with Gasteiger partial charge in [0.2, 0.25) is 0 Å². The number of hydrogen-bond acceptors (Lipinski definition) is 4. The van der Waals surface area contributed by atoms with Crippen LogP contribution in [0.2, 0.25) is 5.02 Å². The van der Waals surface area contributed by atoms with Gasteiger partial charge in [-0.25, -0.2) is 4.98 Å². The number of hydrogen-bond donors (Lipinski definition) is 1. The van der Waals surface area contributed by atoms with Crippen molar-refractivity contribution in [2.75, 3.05) is 5.75 Å². The van der Waals surface area contributed by atoms with Crippen molar-refractivity contribution >= 4 is 40.4 Å². The zero-order valence-electron chi connectivity index (χ0n) is 10.7. The first kappa shape index (κ1) is 13.9. The number of thioether (sulfide) groups is 1. The Labute approximate surface area is 129 Å². The van der Waals surface area contributed by atoms with Crippen LogP contribution in [-0.4, -0.2) is 31.4 Å². The summed E-state index contributed by atoms with van der Waals surface area (Å²) in [5, 5.41) is 10.0. The molecule has 0 saturated carbocycles. The van der Waals surface area contributed by atoms with Crippen molar-refractivity contribution in [2.24, 2.45) is 0 Å². The number of carbonyl (C=O) groups is 1. The fourth-order valence-corrected chi connectivity index (χ4v) is 2.96. The molecule has 0 amide bonds. The van der Waals surface area contributed by atoms with E-state index in [0.29, 0.717) is 15.7 Å². The molecule has 0 unspecified atom stereocenters. The molecule has 2 aromatic heterocycles. The number of fused-ring (bicyclic) bond motifs is 1. The van der Waals surface area contributed by atoms with Gasteiger partial charge >= 0.3 is 5.97 Å². The summed E-state index contributed by atoms with van der Waals surface area (Å²) in [4.78, 5) is 19.3. The standard InChI is InChI=1S/C14H10ClN3O2S/c15-9-3-1-2-4-11(9)18-12-5-6-16-7-10(12)17-14(18)21-8-13(19)20/h1-7H,8H2,(H,19,20). The third kappa shape index (κ3) is 2.72. The Balaban J connectivity index is 2.20. The smallest absolute Gasteiger partial charge is 0.313 e. The normalized spacial score (nSPS) is 10.9. The predicted molar refractivity (Wildman–Crippen MR) is 82.2 cm³/mol. The number of pyridine rings is 1. The maximum absolute atomic E-state index is 10.8. The van der Waals surface area contributed by atoms with Gasteiger partial charge in [0.25, 0.3) is 0 Å². The van der Waals surface area contributed by atoms with E-state index in [1.54, 1.807) is 18.5 Å². The summed E-state index contributed by atoms with van der Waals surface area (Å²) in [6.45, 7) is 0. The van der Waals surface area contributed by atoms with Crippen LogP contribution in [0.1, 0.15) is 0 Å². The molecule has 3 rings (SSSR count). The SMILES string of the molecule is O=C(O)CSc1nc2cnccc2n1-c1ccccc1Cl. The number of rotatable bonds is 4. The monoisotopic (exact) mass is 319 g/mol. The Morgan fingerprint density at radius 1 is 1.33 bits per heavy atom. The molecule has 2 heterocycles. The van der Waals surface area contributed by atoms with Crippen molar-refractivity contribution in [3.63, 3.8) is 0 Å². The van der Waals surface area contributed by atoms with Crippen molar-refractivity contribution in [1.82, 2.24) is 14.5 Å². The van der Waals surface area contributed by atoms with E-state index in [2.05, 4.69) is 9.97 Å². The van der Waals surface area contributed by atoms with Crippen LogP contribution < -0.4 is 0 Å². The Hall–Kier alpha value is -2.05. The van der Waals surface area contributed by atoms with Crippen molar-refractivity contribution in [3.05, 3.63) is 47.7 Å². The first-order valence-corrected chi connectivity index (χ1v) is 7.45. The average molecular weight is 320 g/mol. The summed E-state index contributed by atoms with van der Waals surface area (Å²) < 4.78 is 1.85. The van der Waals surface area contributed by atoms with Crippen molar-refractivity contribution in [1.29, 1.82) is 0 Å². The van der Waals surface area contributed by atoms with E-state index >= 15 is 0 Å². The molecule has 0 spiro atoms. The molecule has 21 heavy (non-hydrogen) atoms. The van der Waals surface area contributed by atoms with E-state index in [1.165, 1.54) is 0 Å². The minimum absolute atomic E-state index is 0.0683. The van der Waals surface area contributed by atoms with E-state index in [1.807, 2.05) is 28.8 Å². The first-order valence-electron chi connectivity index (χ1n) is 6.09. The predicted octanol–water partition coefficient (Wildman–Crippen LogP) is 3.25. The fraction of sp³-hybridized carbons (Fsp3) is 0.0714. The third-order valence-electron chi connectivity index (χ3n) is 2.84. The Bertz CT molecular complexity index is 819. The molecule has 5 nitrogen and oxygen atoms in total. The fourth-order valence-electron chi connectivity index (χ4n) is 2.00. The molecule has 3 aromatic rings. The summed E-state index contributed by atoms with van der Waals surface area (Å²) in [6.07, 6.45) is 3.32. The second kappa shape index (κ2) is 5.75. The molecule has 0 aliphatic rings. The van der Waals surface area contributed by atoms with Crippen molar-refractivity contribution < 1.29 is 9.90 Å². The molecule has 1 N–H and O–H groups in total. The molecule has 1 aromatic carbocycles. The van der Waals surface area contributed by atoms with Gasteiger partial charge in [-0.2, -0.15) is 0 Å². The van der Waals surface area contributed by atoms with Gasteiger partial charge in [0.05, 0.1) is 28.2 Å². The van der Waals surface area contributed by atoms with Gasteiger partial charge in [-0.3, -0.25) is 14.3 Å². The topological polar surface area (TPSA) is 68.0 Å². The Morgan fingerprint density at radius 3 is 2.90 bits per heavy atom. The molecule has 0 bridgehead atoms. The van der Waals surface area contributed by atoms with Gasteiger partial charge < -0.3 is 5.11 Å². The van der Waals surface area contributed by atoms with E-state index in [0.717, 1.165) is 23.0 Å². The van der Waals surface area contributed by atoms with Gasteiger partial charge in [-0.1, -0.05) is 35.5 Å². The lowest BCUT2D eigenvalue weighted by molar-refractivity contribution is -0.133. The highest BCUT2D eigenvalue weighted by Gasteiger charge is 2.15. The Kier molecular flexibility index (Phi) is 3.81. The number of carboxylic acid groups (broad SMARTS) is 1.